The van der Waals surface area contributed by atoms with Crippen molar-refractivity contribution in [2.75, 3.05) is 7.11 Å². The Kier molecular flexibility index (Phi) is 10.0. The second-order valence-corrected chi connectivity index (χ2v) is 15.6. The molecule has 0 N–H and O–H groups in total. The quantitative estimate of drug-likeness (QED) is 0.189. The molecule has 4 aliphatic rings. The van der Waals surface area contributed by atoms with Crippen molar-refractivity contribution in [1.82, 2.24) is 0 Å². The van der Waals surface area contributed by atoms with E-state index in [-0.39, 0.29) is 54.0 Å². The van der Waals surface area contributed by atoms with Crippen LogP contribution in [0.25, 0.3) is 0 Å². The summed E-state index contributed by atoms with van der Waals surface area (Å²) in [4.78, 5) is 38.5. The molecule has 2 aromatic rings. The second kappa shape index (κ2) is 14.1. The van der Waals surface area contributed by atoms with Gasteiger partial charge in [0.25, 0.3) is 0 Å². The van der Waals surface area contributed by atoms with Crippen LogP contribution in [-0.4, -0.2) is 37.2 Å². The van der Waals surface area contributed by atoms with Crippen LogP contribution in [0.3, 0.4) is 0 Å². The third kappa shape index (κ3) is 6.98. The topological polar surface area (TPSA) is 86.7 Å². The molecule has 4 fully saturated rings. The molecule has 2 aromatic heterocycles. The first-order valence-electron chi connectivity index (χ1n) is 17.9. The lowest BCUT2D eigenvalue weighted by Crippen LogP contribution is -2.60. The van der Waals surface area contributed by atoms with E-state index in [9.17, 15) is 14.4 Å². The van der Waals surface area contributed by atoms with Crippen LogP contribution in [-0.2, 0) is 41.7 Å². The number of rotatable bonds is 10. The summed E-state index contributed by atoms with van der Waals surface area (Å²) in [5.41, 5.74) is 0.273. The second-order valence-electron chi connectivity index (χ2n) is 15.6. The fraction of sp³-hybridized carbons (Fsp3) is 0.667. The van der Waals surface area contributed by atoms with Crippen molar-refractivity contribution in [3.05, 3.63) is 61.2 Å². The molecule has 47 heavy (non-hydrogen) atoms. The van der Waals surface area contributed by atoms with Crippen LogP contribution in [0.5, 0.6) is 0 Å². The molecule has 0 aromatic carbocycles. The van der Waals surface area contributed by atoms with Gasteiger partial charge in [0.1, 0.15) is 12.2 Å². The first-order valence-corrected chi connectivity index (χ1v) is 17.9. The number of esters is 3. The molecule has 0 spiro atoms. The number of carbonyl (C=O) groups excluding carboxylic acids is 3. The van der Waals surface area contributed by atoms with E-state index in [2.05, 4.69) is 20.8 Å². The molecule has 254 valence electrons. The monoisotopic (exact) mass is 646 g/mol. The fourth-order valence-electron chi connectivity index (χ4n) is 10.8. The molecule has 0 unspecified atom stereocenters. The van der Waals surface area contributed by atoms with Crippen molar-refractivity contribution in [3.8, 4) is 0 Å². The SMILES string of the molecule is COC(=O)CC[C@@H](C)[C@H]1CC[C@H]2[C@@H]3[C@H](OC(=O)C[n+]4ccccc4)C[C@@H]4C[C@H](OC(=O)C[n+]5ccccc5)CC[C@]4(C)[C@H]3CC[C@]12C. The van der Waals surface area contributed by atoms with E-state index < -0.39 is 0 Å². The fourth-order valence-corrected chi connectivity index (χ4v) is 10.8. The molecule has 4 saturated carbocycles. The van der Waals surface area contributed by atoms with E-state index in [0.717, 1.165) is 51.4 Å². The van der Waals surface area contributed by atoms with Crippen LogP contribution in [0.4, 0.5) is 0 Å². The van der Waals surface area contributed by atoms with E-state index in [1.54, 1.807) is 0 Å². The minimum absolute atomic E-state index is 0.113. The summed E-state index contributed by atoms with van der Waals surface area (Å²) in [6.45, 7) is 7.70. The van der Waals surface area contributed by atoms with Crippen molar-refractivity contribution in [2.24, 2.45) is 46.3 Å². The molecule has 2 heterocycles. The lowest BCUT2D eigenvalue weighted by atomic mass is 9.43. The maximum Gasteiger partial charge on any atom is 0.372 e. The maximum atomic E-state index is 13.5. The first kappa shape index (κ1) is 33.6. The zero-order valence-electron chi connectivity index (χ0n) is 28.7. The Morgan fingerprint density at radius 2 is 1.34 bits per heavy atom. The molecule has 0 bridgehead atoms. The van der Waals surface area contributed by atoms with E-state index in [1.807, 2.05) is 70.3 Å². The van der Waals surface area contributed by atoms with Gasteiger partial charge < -0.3 is 14.2 Å². The number of carbonyl (C=O) groups is 3. The molecule has 8 heteroatoms. The molecular formula is C39H54N2O6+2. The van der Waals surface area contributed by atoms with Crippen LogP contribution in [0.15, 0.2) is 61.2 Å². The van der Waals surface area contributed by atoms with Crippen molar-refractivity contribution in [3.63, 3.8) is 0 Å². The number of hydrogen-bond acceptors (Lipinski definition) is 6. The van der Waals surface area contributed by atoms with Crippen LogP contribution in [0, 0.1) is 46.3 Å². The number of pyridine rings is 2. The predicted molar refractivity (Wildman–Crippen MR) is 174 cm³/mol. The zero-order chi connectivity index (χ0) is 33.2. The number of methoxy groups -OCH3 is 1. The molecule has 4 aliphatic carbocycles. The number of fused-ring (bicyclic) bond motifs is 5. The highest BCUT2D eigenvalue weighted by Gasteiger charge is 2.64. The third-order valence-corrected chi connectivity index (χ3v) is 13.2. The van der Waals surface area contributed by atoms with Crippen molar-refractivity contribution >= 4 is 17.9 Å². The minimum Gasteiger partial charge on any atom is -0.469 e. The summed E-state index contributed by atoms with van der Waals surface area (Å²) in [6, 6.07) is 11.6. The zero-order valence-corrected chi connectivity index (χ0v) is 28.7. The Morgan fingerprint density at radius 3 is 1.98 bits per heavy atom. The van der Waals surface area contributed by atoms with Gasteiger partial charge in [-0.3, -0.25) is 4.79 Å². The molecule has 0 amide bonds. The molecule has 0 saturated heterocycles. The van der Waals surface area contributed by atoms with Crippen LogP contribution < -0.4 is 9.13 Å². The van der Waals surface area contributed by atoms with E-state index in [1.165, 1.54) is 13.5 Å². The predicted octanol–water partition coefficient (Wildman–Crippen LogP) is 5.64. The van der Waals surface area contributed by atoms with Gasteiger partial charge in [0.2, 0.25) is 13.1 Å². The Bertz CT molecular complexity index is 1400. The van der Waals surface area contributed by atoms with Crippen LogP contribution in [0.1, 0.15) is 85.0 Å². The summed E-state index contributed by atoms with van der Waals surface area (Å²) in [5.74, 6) is 2.04. The van der Waals surface area contributed by atoms with Gasteiger partial charge in [0.05, 0.1) is 7.11 Å². The number of nitrogens with zero attached hydrogens (tertiary/aromatic N) is 2. The molecule has 0 radical (unpaired) electrons. The van der Waals surface area contributed by atoms with Crippen molar-refractivity contribution < 1.29 is 37.7 Å². The standard InChI is InChI=1S/C39H54N2O6/c1-27(11-14-34(42)45-4)30-12-13-31-37-32(16-18-39(30,31)3)38(2)17-15-29(46-35(43)25-40-19-7-5-8-20-40)23-28(38)24-33(37)47-36(44)26-41-21-9-6-10-22-41/h5-10,19-22,27-33,37H,11-18,23-26H2,1-4H3/q+2/t27-,28+,29-,30-,31+,32+,33-,37+,38+,39-/m1/s1. The summed E-state index contributed by atoms with van der Waals surface area (Å²) >= 11 is 0. The molecule has 6 rings (SSSR count). The van der Waals surface area contributed by atoms with Gasteiger partial charge >= 0.3 is 17.9 Å². The van der Waals surface area contributed by atoms with Gasteiger partial charge in [-0.1, -0.05) is 32.9 Å². The van der Waals surface area contributed by atoms with Gasteiger partial charge in [-0.25, -0.2) is 9.59 Å². The highest BCUT2D eigenvalue weighted by molar-refractivity contribution is 5.69. The van der Waals surface area contributed by atoms with Gasteiger partial charge in [-0.05, 0) is 98.2 Å². The molecule has 0 aliphatic heterocycles. The Balaban J connectivity index is 1.21. The lowest BCUT2D eigenvalue weighted by Gasteiger charge is -2.62. The lowest BCUT2D eigenvalue weighted by molar-refractivity contribution is -0.686. The van der Waals surface area contributed by atoms with Gasteiger partial charge in [0, 0.05) is 36.6 Å². The Hall–Kier alpha value is -3.29. The van der Waals surface area contributed by atoms with E-state index >= 15 is 0 Å². The van der Waals surface area contributed by atoms with E-state index in [0.29, 0.717) is 41.9 Å². The van der Waals surface area contributed by atoms with Crippen molar-refractivity contribution in [2.45, 2.75) is 110 Å². The number of aromatic nitrogens is 2. The number of hydrogen-bond donors (Lipinski definition) is 0. The third-order valence-electron chi connectivity index (χ3n) is 13.2. The molecular weight excluding hydrogens is 592 g/mol. The average Bonchev–Trinajstić information content (AvgIpc) is 3.42. The largest absolute Gasteiger partial charge is 0.469 e. The smallest absolute Gasteiger partial charge is 0.372 e. The Labute approximate surface area is 280 Å². The van der Waals surface area contributed by atoms with Gasteiger partial charge in [0.15, 0.2) is 24.8 Å². The van der Waals surface area contributed by atoms with Gasteiger partial charge in [-0.15, -0.1) is 0 Å². The summed E-state index contributed by atoms with van der Waals surface area (Å²) < 4.78 is 21.3. The summed E-state index contributed by atoms with van der Waals surface area (Å²) in [6.07, 6.45) is 16.8. The highest BCUT2D eigenvalue weighted by Crippen LogP contribution is 2.69. The van der Waals surface area contributed by atoms with Crippen LogP contribution >= 0.6 is 0 Å². The molecule has 8 nitrogen and oxygen atoms in total. The summed E-state index contributed by atoms with van der Waals surface area (Å²) in [5, 5.41) is 0. The van der Waals surface area contributed by atoms with Crippen LogP contribution in [0.2, 0.25) is 0 Å². The summed E-state index contributed by atoms with van der Waals surface area (Å²) in [7, 11) is 1.47. The number of ether oxygens (including phenoxy) is 3. The maximum absolute atomic E-state index is 13.5. The normalized spacial score (nSPS) is 35.0. The average molecular weight is 647 g/mol. The minimum atomic E-state index is -0.196. The van der Waals surface area contributed by atoms with Gasteiger partial charge in [-0.2, -0.15) is 9.13 Å². The molecule has 10 atom stereocenters. The Morgan fingerprint density at radius 1 is 0.745 bits per heavy atom. The van der Waals surface area contributed by atoms with E-state index in [4.69, 9.17) is 14.2 Å². The highest BCUT2D eigenvalue weighted by atomic mass is 16.5. The first-order chi connectivity index (χ1) is 22.6. The van der Waals surface area contributed by atoms with Crippen molar-refractivity contribution in [1.29, 1.82) is 0 Å².